The van der Waals surface area contributed by atoms with E-state index in [0.717, 1.165) is 29.8 Å². The van der Waals surface area contributed by atoms with Gasteiger partial charge in [0.15, 0.2) is 6.29 Å². The van der Waals surface area contributed by atoms with Crippen LogP contribution in [0.15, 0.2) is 109 Å². The predicted molar refractivity (Wildman–Crippen MR) is 180 cm³/mol. The Kier molecular flexibility index (Phi) is 12.1. The highest BCUT2D eigenvalue weighted by molar-refractivity contribution is 5.91. The Morgan fingerprint density at radius 3 is 2.09 bits per heavy atom. The summed E-state index contributed by atoms with van der Waals surface area (Å²) in [5, 5.41) is 14.9. The first-order valence-corrected chi connectivity index (χ1v) is 16.0. The summed E-state index contributed by atoms with van der Waals surface area (Å²) in [5.41, 5.74) is 5.55. The fourth-order valence-corrected chi connectivity index (χ4v) is 5.75. The summed E-state index contributed by atoms with van der Waals surface area (Å²) in [4.78, 5) is 26.6. The van der Waals surface area contributed by atoms with E-state index in [1.807, 2.05) is 54.6 Å². The van der Waals surface area contributed by atoms with Gasteiger partial charge in [-0.2, -0.15) is 0 Å². The molecule has 1 aliphatic heterocycles. The van der Waals surface area contributed by atoms with Gasteiger partial charge in [-0.05, 0) is 41.3 Å². The van der Waals surface area contributed by atoms with E-state index in [2.05, 4.69) is 71.0 Å². The summed E-state index contributed by atoms with van der Waals surface area (Å²) in [7, 11) is 0. The zero-order valence-corrected chi connectivity index (χ0v) is 26.9. The second kappa shape index (κ2) is 16.9. The topological polar surface area (TPSA) is 109 Å². The number of nitrogens with zero attached hydrogens (tertiary/aromatic N) is 1. The molecule has 1 heterocycles. The lowest BCUT2D eigenvalue weighted by atomic mass is 9.89. The molecule has 4 aromatic carbocycles. The Bertz CT molecular complexity index is 1530. The average molecular weight is 638 g/mol. The smallest absolute Gasteiger partial charge is 0.325 e. The maximum absolute atomic E-state index is 12.5. The van der Waals surface area contributed by atoms with Crippen molar-refractivity contribution in [1.29, 1.82) is 0 Å². The molecule has 0 saturated carbocycles. The second-order valence-corrected chi connectivity index (χ2v) is 11.7. The molecule has 1 fully saturated rings. The molecule has 0 unspecified atom stereocenters. The molecule has 4 atom stereocenters. The van der Waals surface area contributed by atoms with Crippen LogP contribution in [0, 0.1) is 5.92 Å². The Labute approximate surface area is 276 Å². The SMILES string of the molecule is CCOC(=O)CNC(=O)Nc1cccc([C@H]2O[C@@H](CN(Cc3ccccc3)Cc3ccccc3)[C@@H](C)[C@@H](c3ccc(CO)cc3)O2)c1. The van der Waals surface area contributed by atoms with Crippen molar-refractivity contribution in [2.45, 2.75) is 52.0 Å². The van der Waals surface area contributed by atoms with Crippen molar-refractivity contribution in [1.82, 2.24) is 10.2 Å². The summed E-state index contributed by atoms with van der Waals surface area (Å²) in [6.45, 7) is 6.01. The van der Waals surface area contributed by atoms with Crippen LogP contribution < -0.4 is 10.6 Å². The van der Waals surface area contributed by atoms with Gasteiger partial charge in [0, 0.05) is 36.8 Å². The molecular formula is C38H43N3O6. The number of carbonyl (C=O) groups is 2. The van der Waals surface area contributed by atoms with Crippen LogP contribution in [0.25, 0.3) is 0 Å². The lowest BCUT2D eigenvalue weighted by Crippen LogP contribution is -2.44. The Morgan fingerprint density at radius 1 is 0.809 bits per heavy atom. The Hall–Kier alpha value is -4.54. The van der Waals surface area contributed by atoms with E-state index in [4.69, 9.17) is 14.2 Å². The molecule has 5 rings (SSSR count). The van der Waals surface area contributed by atoms with Gasteiger partial charge in [0.25, 0.3) is 0 Å². The molecule has 1 saturated heterocycles. The van der Waals surface area contributed by atoms with Crippen LogP contribution in [0.2, 0.25) is 0 Å². The number of urea groups is 1. The number of hydrogen-bond acceptors (Lipinski definition) is 7. The number of carbonyl (C=O) groups excluding carboxylic acids is 2. The van der Waals surface area contributed by atoms with Crippen LogP contribution in [0.3, 0.4) is 0 Å². The summed E-state index contributed by atoms with van der Waals surface area (Å²) in [6, 6.07) is 35.5. The zero-order valence-electron chi connectivity index (χ0n) is 26.9. The molecule has 1 aliphatic rings. The van der Waals surface area contributed by atoms with E-state index < -0.39 is 18.3 Å². The fraction of sp³-hybridized carbons (Fsp3) is 0.316. The molecule has 47 heavy (non-hydrogen) atoms. The molecule has 0 aromatic heterocycles. The molecule has 4 aromatic rings. The lowest BCUT2D eigenvalue weighted by molar-refractivity contribution is -0.276. The monoisotopic (exact) mass is 637 g/mol. The van der Waals surface area contributed by atoms with E-state index >= 15 is 0 Å². The van der Waals surface area contributed by atoms with Crippen molar-refractivity contribution in [2.24, 2.45) is 5.92 Å². The Morgan fingerprint density at radius 2 is 1.47 bits per heavy atom. The Balaban J connectivity index is 1.39. The highest BCUT2D eigenvalue weighted by Crippen LogP contribution is 2.42. The molecule has 0 spiro atoms. The van der Waals surface area contributed by atoms with E-state index in [1.54, 1.807) is 13.0 Å². The van der Waals surface area contributed by atoms with Crippen molar-refractivity contribution in [3.8, 4) is 0 Å². The highest BCUT2D eigenvalue weighted by Gasteiger charge is 2.39. The molecule has 0 bridgehead atoms. The van der Waals surface area contributed by atoms with Gasteiger partial charge in [0.05, 0.1) is 25.4 Å². The van der Waals surface area contributed by atoms with Gasteiger partial charge in [0.1, 0.15) is 6.54 Å². The lowest BCUT2D eigenvalue weighted by Gasteiger charge is -2.43. The van der Waals surface area contributed by atoms with Crippen LogP contribution in [0.5, 0.6) is 0 Å². The largest absolute Gasteiger partial charge is 0.465 e. The quantitative estimate of drug-likeness (QED) is 0.147. The normalized spacial score (nSPS) is 19.2. The number of aliphatic hydroxyl groups is 1. The minimum Gasteiger partial charge on any atom is -0.465 e. The molecule has 3 N–H and O–H groups in total. The molecule has 0 radical (unpaired) electrons. The number of benzene rings is 4. The second-order valence-electron chi connectivity index (χ2n) is 11.7. The third kappa shape index (κ3) is 9.73. The summed E-state index contributed by atoms with van der Waals surface area (Å²) >= 11 is 0. The highest BCUT2D eigenvalue weighted by atomic mass is 16.7. The number of nitrogens with one attached hydrogen (secondary N) is 2. The maximum atomic E-state index is 12.5. The fourth-order valence-electron chi connectivity index (χ4n) is 5.75. The molecule has 0 aliphatic carbocycles. The van der Waals surface area contributed by atoms with Gasteiger partial charge in [-0.15, -0.1) is 0 Å². The number of rotatable bonds is 13. The minimum absolute atomic E-state index is 0.00441. The van der Waals surface area contributed by atoms with Gasteiger partial charge >= 0.3 is 12.0 Å². The summed E-state index contributed by atoms with van der Waals surface area (Å²) in [5.74, 6) is -0.512. The van der Waals surface area contributed by atoms with E-state index in [-0.39, 0.29) is 37.9 Å². The van der Waals surface area contributed by atoms with Crippen molar-refractivity contribution in [3.63, 3.8) is 0 Å². The maximum Gasteiger partial charge on any atom is 0.325 e. The molecule has 246 valence electrons. The molecule has 2 amide bonds. The summed E-state index contributed by atoms with van der Waals surface area (Å²) in [6.07, 6.45) is -1.20. The first-order valence-electron chi connectivity index (χ1n) is 16.0. The van der Waals surface area contributed by atoms with Gasteiger partial charge < -0.3 is 30.0 Å². The van der Waals surface area contributed by atoms with Gasteiger partial charge in [-0.1, -0.05) is 104 Å². The molecule has 9 heteroatoms. The van der Waals surface area contributed by atoms with Gasteiger partial charge in [-0.25, -0.2) is 4.79 Å². The van der Waals surface area contributed by atoms with Crippen molar-refractivity contribution < 1.29 is 28.9 Å². The first-order chi connectivity index (χ1) is 22.9. The number of anilines is 1. The number of aliphatic hydroxyl groups excluding tert-OH is 1. The van der Waals surface area contributed by atoms with Gasteiger partial charge in [-0.3, -0.25) is 9.69 Å². The van der Waals surface area contributed by atoms with Gasteiger partial charge in [0.2, 0.25) is 0 Å². The van der Waals surface area contributed by atoms with E-state index in [0.29, 0.717) is 12.2 Å². The molecular weight excluding hydrogens is 594 g/mol. The number of hydrogen-bond donors (Lipinski definition) is 3. The van der Waals surface area contributed by atoms with Crippen LogP contribution in [-0.4, -0.2) is 47.8 Å². The third-order valence-corrected chi connectivity index (χ3v) is 8.17. The van der Waals surface area contributed by atoms with E-state index in [1.165, 1.54) is 11.1 Å². The third-order valence-electron chi connectivity index (χ3n) is 8.17. The van der Waals surface area contributed by atoms with Crippen LogP contribution >= 0.6 is 0 Å². The molecule has 9 nitrogen and oxygen atoms in total. The minimum atomic E-state index is -0.710. The van der Waals surface area contributed by atoms with Crippen molar-refractivity contribution >= 4 is 17.7 Å². The van der Waals surface area contributed by atoms with Crippen LogP contribution in [0.4, 0.5) is 10.5 Å². The van der Waals surface area contributed by atoms with Crippen LogP contribution in [-0.2, 0) is 38.7 Å². The van der Waals surface area contributed by atoms with Crippen molar-refractivity contribution in [2.75, 3.05) is 25.0 Å². The van der Waals surface area contributed by atoms with E-state index in [9.17, 15) is 14.7 Å². The number of amides is 2. The average Bonchev–Trinajstić information content (AvgIpc) is 3.09. The zero-order chi connectivity index (χ0) is 33.0. The summed E-state index contributed by atoms with van der Waals surface area (Å²) < 4.78 is 18.3. The number of esters is 1. The van der Waals surface area contributed by atoms with Crippen molar-refractivity contribution in [3.05, 3.63) is 137 Å². The standard InChI is InChI=1S/C38H43N3O6/c1-3-45-35(43)22-39-38(44)40-33-16-10-15-32(21-33)37-46-34(27(2)36(47-37)31-19-17-30(26-42)18-20-31)25-41(23-28-11-6-4-7-12-28)24-29-13-8-5-9-14-29/h4-21,27,34,36-37,42H,3,22-26H2,1-2H3,(H2,39,40,44)/t27-,34+,36+,37+/m1/s1. The van der Waals surface area contributed by atoms with Crippen LogP contribution in [0.1, 0.15) is 54.1 Å². The predicted octanol–water partition coefficient (Wildman–Crippen LogP) is 6.36. The number of ether oxygens (including phenoxy) is 3. The first kappa shape index (κ1) is 33.8.